The maximum atomic E-state index is 14.4. The Labute approximate surface area is 134 Å². The van der Waals surface area contributed by atoms with E-state index in [0.29, 0.717) is 13.2 Å². The summed E-state index contributed by atoms with van der Waals surface area (Å²) in [4.78, 5) is 0. The van der Waals surface area contributed by atoms with E-state index in [4.69, 9.17) is 4.74 Å². The van der Waals surface area contributed by atoms with Gasteiger partial charge < -0.3 is 10.1 Å². The van der Waals surface area contributed by atoms with Gasteiger partial charge in [-0.15, -0.1) is 0 Å². The van der Waals surface area contributed by atoms with E-state index in [2.05, 4.69) is 21.2 Å². The molecule has 1 aromatic carbocycles. The number of ether oxygens (including phenoxy) is 1. The second kappa shape index (κ2) is 8.81. The van der Waals surface area contributed by atoms with Crippen LogP contribution in [0.2, 0.25) is 0 Å². The molecule has 2 nitrogen and oxygen atoms in total. The average molecular weight is 364 g/mol. The van der Waals surface area contributed by atoms with E-state index in [-0.39, 0.29) is 22.1 Å². The lowest BCUT2D eigenvalue weighted by atomic mass is 9.92. The van der Waals surface area contributed by atoms with Gasteiger partial charge in [0.1, 0.15) is 11.6 Å². The van der Waals surface area contributed by atoms with E-state index in [1.807, 2.05) is 27.7 Å². The van der Waals surface area contributed by atoms with Gasteiger partial charge in [0.15, 0.2) is 0 Å². The number of hydrogen-bond acceptors (Lipinski definition) is 2. The van der Waals surface area contributed by atoms with Crippen molar-refractivity contribution >= 4 is 15.9 Å². The molecule has 21 heavy (non-hydrogen) atoms. The predicted octanol–water partition coefficient (Wildman–Crippen LogP) is 4.83. The van der Waals surface area contributed by atoms with Crippen molar-refractivity contribution in [3.63, 3.8) is 0 Å². The Balaban J connectivity index is 3.26. The van der Waals surface area contributed by atoms with Gasteiger partial charge in [-0.3, -0.25) is 0 Å². The Morgan fingerprint density at radius 1 is 1.24 bits per heavy atom. The molecule has 0 amide bonds. The van der Waals surface area contributed by atoms with Gasteiger partial charge >= 0.3 is 0 Å². The zero-order valence-corrected chi connectivity index (χ0v) is 14.6. The normalized spacial score (nSPS) is 14.5. The van der Waals surface area contributed by atoms with Crippen LogP contribution >= 0.6 is 15.9 Å². The third kappa shape index (κ3) is 4.73. The van der Waals surface area contributed by atoms with Crippen LogP contribution < -0.4 is 5.32 Å². The third-order valence-electron chi connectivity index (χ3n) is 3.35. The second-order valence-electron chi connectivity index (χ2n) is 5.35. The number of hydrogen-bond donors (Lipinski definition) is 1. The van der Waals surface area contributed by atoms with Crippen LogP contribution in [0, 0.1) is 17.6 Å². The number of benzene rings is 1. The smallest absolute Gasteiger partial charge is 0.145 e. The first kappa shape index (κ1) is 18.5. The Morgan fingerprint density at radius 3 is 2.43 bits per heavy atom. The third-order valence-corrected chi connectivity index (χ3v) is 3.96. The quantitative estimate of drug-likeness (QED) is 0.667. The first-order valence-electron chi connectivity index (χ1n) is 7.42. The minimum atomic E-state index is -0.561. The maximum Gasteiger partial charge on any atom is 0.145 e. The molecule has 0 aliphatic rings. The lowest BCUT2D eigenvalue weighted by Gasteiger charge is -2.31. The summed E-state index contributed by atoms with van der Waals surface area (Å²) in [6.07, 6.45) is 0.588. The van der Waals surface area contributed by atoms with Crippen LogP contribution in [0.1, 0.15) is 45.7 Å². The Hall–Kier alpha value is -0.520. The first-order valence-corrected chi connectivity index (χ1v) is 8.21. The largest absolute Gasteiger partial charge is 0.376 e. The van der Waals surface area contributed by atoms with E-state index in [0.717, 1.165) is 6.42 Å². The molecule has 5 heteroatoms. The fourth-order valence-electron chi connectivity index (χ4n) is 2.38. The molecular weight excluding hydrogens is 340 g/mol. The van der Waals surface area contributed by atoms with Gasteiger partial charge in [0.05, 0.1) is 16.6 Å². The van der Waals surface area contributed by atoms with E-state index in [9.17, 15) is 8.78 Å². The van der Waals surface area contributed by atoms with Crippen LogP contribution in [-0.2, 0) is 4.74 Å². The highest BCUT2D eigenvalue weighted by molar-refractivity contribution is 9.10. The Bertz CT molecular complexity index is 454. The number of halogens is 3. The van der Waals surface area contributed by atoms with E-state index in [1.54, 1.807) is 0 Å². The van der Waals surface area contributed by atoms with Crippen molar-refractivity contribution in [3.05, 3.63) is 33.8 Å². The molecule has 0 aliphatic heterocycles. The molecule has 1 N–H and O–H groups in total. The Morgan fingerprint density at radius 2 is 1.90 bits per heavy atom. The molecule has 0 radical (unpaired) electrons. The first-order chi connectivity index (χ1) is 9.93. The average Bonchev–Trinajstić information content (AvgIpc) is 2.44. The summed E-state index contributed by atoms with van der Waals surface area (Å²) in [6, 6.07) is 2.16. The molecule has 0 spiro atoms. The standard InChI is InChI=1S/C16H24BrF2NO/c1-5-9-20-15(16(10(3)4)21-6-2)13-12(18)8-7-11(17)14(13)19/h7-8,10,15-16,20H,5-6,9H2,1-4H3. The minimum Gasteiger partial charge on any atom is -0.376 e. The lowest BCUT2D eigenvalue weighted by Crippen LogP contribution is -2.39. The molecular formula is C16H24BrF2NO. The van der Waals surface area contributed by atoms with Gasteiger partial charge in [-0.1, -0.05) is 20.8 Å². The summed E-state index contributed by atoms with van der Waals surface area (Å²) in [5, 5.41) is 3.24. The van der Waals surface area contributed by atoms with Crippen LogP contribution in [-0.4, -0.2) is 19.3 Å². The monoisotopic (exact) mass is 363 g/mol. The van der Waals surface area contributed by atoms with E-state index >= 15 is 0 Å². The highest BCUT2D eigenvalue weighted by atomic mass is 79.9. The summed E-state index contributed by atoms with van der Waals surface area (Å²) in [5.41, 5.74) is 0.0463. The molecule has 1 rings (SSSR count). The molecule has 0 fully saturated rings. The van der Waals surface area contributed by atoms with Crippen LogP contribution in [0.5, 0.6) is 0 Å². The molecule has 0 saturated carbocycles. The van der Waals surface area contributed by atoms with Gasteiger partial charge in [0, 0.05) is 12.2 Å². The van der Waals surface area contributed by atoms with Crippen molar-refractivity contribution in [3.8, 4) is 0 Å². The summed E-state index contributed by atoms with van der Waals surface area (Å²) < 4.78 is 34.7. The molecule has 0 saturated heterocycles. The summed E-state index contributed by atoms with van der Waals surface area (Å²) in [5.74, 6) is -0.972. The molecule has 120 valence electrons. The number of rotatable bonds is 8. The van der Waals surface area contributed by atoms with Crippen molar-refractivity contribution in [1.82, 2.24) is 5.32 Å². The van der Waals surface area contributed by atoms with Crippen molar-refractivity contribution < 1.29 is 13.5 Å². The van der Waals surface area contributed by atoms with Crippen LogP contribution in [0.25, 0.3) is 0 Å². The molecule has 0 bridgehead atoms. The topological polar surface area (TPSA) is 21.3 Å². The van der Waals surface area contributed by atoms with Gasteiger partial charge in [-0.25, -0.2) is 8.78 Å². The number of nitrogens with one attached hydrogen (secondary N) is 1. The molecule has 0 aliphatic carbocycles. The SMILES string of the molecule is CCCNC(c1c(F)ccc(Br)c1F)C(OCC)C(C)C. The maximum absolute atomic E-state index is 14.4. The van der Waals surface area contributed by atoms with Gasteiger partial charge in [0.25, 0.3) is 0 Å². The van der Waals surface area contributed by atoms with Crippen molar-refractivity contribution in [2.24, 2.45) is 5.92 Å². The zero-order valence-electron chi connectivity index (χ0n) is 13.1. The van der Waals surface area contributed by atoms with E-state index in [1.165, 1.54) is 12.1 Å². The minimum absolute atomic E-state index is 0.0463. The highest BCUT2D eigenvalue weighted by Gasteiger charge is 2.31. The molecule has 0 heterocycles. The summed E-state index contributed by atoms with van der Waals surface area (Å²) in [7, 11) is 0. The molecule has 2 atom stereocenters. The fraction of sp³-hybridized carbons (Fsp3) is 0.625. The van der Waals surface area contributed by atoms with E-state index < -0.39 is 17.7 Å². The fourth-order valence-corrected chi connectivity index (χ4v) is 2.72. The van der Waals surface area contributed by atoms with Crippen LogP contribution in [0.15, 0.2) is 16.6 Å². The second-order valence-corrected chi connectivity index (χ2v) is 6.21. The lowest BCUT2D eigenvalue weighted by molar-refractivity contribution is 0.00112. The predicted molar refractivity (Wildman–Crippen MR) is 85.3 cm³/mol. The molecule has 1 aromatic rings. The van der Waals surface area contributed by atoms with Crippen LogP contribution in [0.3, 0.4) is 0 Å². The summed E-state index contributed by atoms with van der Waals surface area (Å²) >= 11 is 3.13. The van der Waals surface area contributed by atoms with Crippen LogP contribution in [0.4, 0.5) is 8.78 Å². The molecule has 0 aromatic heterocycles. The van der Waals surface area contributed by atoms with Crippen molar-refractivity contribution in [2.45, 2.75) is 46.3 Å². The van der Waals surface area contributed by atoms with Gasteiger partial charge in [0.2, 0.25) is 0 Å². The van der Waals surface area contributed by atoms with Gasteiger partial charge in [-0.2, -0.15) is 0 Å². The summed E-state index contributed by atoms with van der Waals surface area (Å²) in [6.45, 7) is 9.07. The van der Waals surface area contributed by atoms with Crippen molar-refractivity contribution in [2.75, 3.05) is 13.2 Å². The van der Waals surface area contributed by atoms with Crippen molar-refractivity contribution in [1.29, 1.82) is 0 Å². The highest BCUT2D eigenvalue weighted by Crippen LogP contribution is 2.32. The zero-order chi connectivity index (χ0) is 16.0. The molecule has 2 unspecified atom stereocenters. The Kier molecular flexibility index (Phi) is 7.77. The van der Waals surface area contributed by atoms with Gasteiger partial charge in [-0.05, 0) is 53.9 Å².